The Morgan fingerprint density at radius 3 is 2.64 bits per heavy atom. The molecule has 0 aliphatic rings. The summed E-state index contributed by atoms with van der Waals surface area (Å²) in [6.45, 7) is 0.645. The third-order valence-electron chi connectivity index (χ3n) is 4.03. The fourth-order valence-electron chi connectivity index (χ4n) is 2.77. The third kappa shape index (κ3) is 3.19. The first-order chi connectivity index (χ1) is 12.3. The predicted octanol–water partition coefficient (Wildman–Crippen LogP) is 4.98. The summed E-state index contributed by atoms with van der Waals surface area (Å²) in [5.41, 5.74) is 2.29. The van der Waals surface area contributed by atoms with Crippen molar-refractivity contribution in [2.45, 2.75) is 6.54 Å². The van der Waals surface area contributed by atoms with Gasteiger partial charge in [0.15, 0.2) is 0 Å². The van der Waals surface area contributed by atoms with Crippen molar-refractivity contribution in [3.8, 4) is 16.2 Å². The number of benzene rings is 2. The number of hydrogen-bond donors (Lipinski definition) is 1. The summed E-state index contributed by atoms with van der Waals surface area (Å²) in [6.07, 6.45) is 1.61. The number of nitrogens with one attached hydrogen (secondary N) is 1. The highest BCUT2D eigenvalue weighted by Gasteiger charge is 2.10. The van der Waals surface area contributed by atoms with Gasteiger partial charge in [-0.25, -0.2) is 9.97 Å². The molecule has 0 spiro atoms. The lowest BCUT2D eigenvalue weighted by atomic mass is 10.2. The van der Waals surface area contributed by atoms with Crippen LogP contribution >= 0.6 is 11.3 Å². The highest BCUT2D eigenvalue weighted by Crippen LogP contribution is 2.35. The molecular formula is C20H17N3OS. The van der Waals surface area contributed by atoms with Gasteiger partial charge in [-0.2, -0.15) is 0 Å². The molecule has 0 atom stereocenters. The van der Waals surface area contributed by atoms with E-state index in [9.17, 15) is 0 Å². The van der Waals surface area contributed by atoms with E-state index in [2.05, 4.69) is 33.5 Å². The second-order valence-corrected chi connectivity index (χ2v) is 6.61. The number of aromatic nitrogens is 2. The quantitative estimate of drug-likeness (QED) is 0.553. The van der Waals surface area contributed by atoms with Gasteiger partial charge in [0.1, 0.15) is 22.7 Å². The molecule has 0 radical (unpaired) electrons. The molecule has 25 heavy (non-hydrogen) atoms. The Balaban J connectivity index is 1.65. The molecule has 2 aromatic heterocycles. The normalized spacial score (nSPS) is 10.8. The predicted molar refractivity (Wildman–Crippen MR) is 103 cm³/mol. The van der Waals surface area contributed by atoms with Crippen LogP contribution in [0.5, 0.6) is 5.75 Å². The van der Waals surface area contributed by atoms with E-state index in [4.69, 9.17) is 4.74 Å². The van der Waals surface area contributed by atoms with Crippen molar-refractivity contribution >= 4 is 27.4 Å². The van der Waals surface area contributed by atoms with Crippen LogP contribution < -0.4 is 10.1 Å². The number of rotatable bonds is 5. The van der Waals surface area contributed by atoms with Crippen LogP contribution in [0.3, 0.4) is 0 Å². The molecule has 2 heterocycles. The van der Waals surface area contributed by atoms with E-state index in [0.29, 0.717) is 6.54 Å². The van der Waals surface area contributed by atoms with Gasteiger partial charge in [0.05, 0.1) is 12.5 Å². The maximum atomic E-state index is 5.41. The first kappa shape index (κ1) is 15.6. The first-order valence-corrected chi connectivity index (χ1v) is 8.82. The van der Waals surface area contributed by atoms with Gasteiger partial charge in [0.25, 0.3) is 0 Å². The van der Waals surface area contributed by atoms with Gasteiger partial charge in [0.2, 0.25) is 0 Å². The summed E-state index contributed by atoms with van der Waals surface area (Å²) in [5, 5.41) is 4.46. The smallest absolute Gasteiger partial charge is 0.138 e. The lowest BCUT2D eigenvalue weighted by molar-refractivity contribution is 0.410. The van der Waals surface area contributed by atoms with Crippen LogP contribution in [0, 0.1) is 0 Å². The zero-order valence-corrected chi connectivity index (χ0v) is 14.6. The molecular weight excluding hydrogens is 330 g/mol. The zero-order chi connectivity index (χ0) is 17.1. The lowest BCUT2D eigenvalue weighted by Gasteiger charge is -2.10. The Morgan fingerprint density at radius 1 is 1.00 bits per heavy atom. The summed E-state index contributed by atoms with van der Waals surface area (Å²) < 4.78 is 5.41. The van der Waals surface area contributed by atoms with Crippen LogP contribution in [-0.2, 0) is 6.54 Å². The van der Waals surface area contributed by atoms with E-state index in [1.807, 2.05) is 42.5 Å². The number of nitrogens with zero attached hydrogens (tertiary/aromatic N) is 2. The number of thiophene rings is 1. The highest BCUT2D eigenvalue weighted by atomic mass is 32.1. The van der Waals surface area contributed by atoms with Crippen LogP contribution in [-0.4, -0.2) is 17.1 Å². The van der Waals surface area contributed by atoms with Gasteiger partial charge in [0, 0.05) is 17.0 Å². The molecule has 0 unspecified atom stereocenters. The Labute approximate surface area is 150 Å². The Morgan fingerprint density at radius 2 is 1.80 bits per heavy atom. The molecule has 5 heteroatoms. The first-order valence-electron chi connectivity index (χ1n) is 8.01. The molecule has 0 aliphatic carbocycles. The average molecular weight is 347 g/mol. The molecule has 1 N–H and O–H groups in total. The Bertz CT molecular complexity index is 998. The van der Waals surface area contributed by atoms with Crippen molar-refractivity contribution in [3.05, 3.63) is 72.6 Å². The molecule has 124 valence electrons. The van der Waals surface area contributed by atoms with Crippen molar-refractivity contribution in [1.29, 1.82) is 0 Å². The lowest BCUT2D eigenvalue weighted by Crippen LogP contribution is -2.03. The molecule has 4 rings (SSSR count). The maximum Gasteiger partial charge on any atom is 0.138 e. The third-order valence-corrected chi connectivity index (χ3v) is 5.12. The van der Waals surface area contributed by atoms with Crippen LogP contribution in [0.15, 0.2) is 67.0 Å². The topological polar surface area (TPSA) is 47.0 Å². The number of anilines is 1. The van der Waals surface area contributed by atoms with E-state index < -0.39 is 0 Å². The second-order valence-electron chi connectivity index (χ2n) is 5.58. The highest BCUT2D eigenvalue weighted by molar-refractivity contribution is 7.21. The molecule has 0 saturated heterocycles. The summed E-state index contributed by atoms with van der Waals surface area (Å²) in [5.74, 6) is 1.71. The van der Waals surface area contributed by atoms with E-state index in [1.165, 1.54) is 10.4 Å². The fraction of sp³-hybridized carbons (Fsp3) is 0.100. The van der Waals surface area contributed by atoms with Gasteiger partial charge < -0.3 is 10.1 Å². The van der Waals surface area contributed by atoms with Crippen molar-refractivity contribution in [2.75, 3.05) is 12.4 Å². The van der Waals surface area contributed by atoms with Gasteiger partial charge in [-0.05, 0) is 17.7 Å². The summed E-state index contributed by atoms with van der Waals surface area (Å²) in [6, 6.07) is 20.5. The Kier molecular flexibility index (Phi) is 4.31. The minimum atomic E-state index is 0.645. The Hall–Kier alpha value is -2.92. The average Bonchev–Trinajstić information content (AvgIpc) is 3.12. The molecule has 4 aromatic rings. The number of para-hydroxylation sites is 1. The van der Waals surface area contributed by atoms with Gasteiger partial charge in [-0.15, -0.1) is 11.3 Å². The minimum Gasteiger partial charge on any atom is -0.496 e. The summed E-state index contributed by atoms with van der Waals surface area (Å²) in [4.78, 5) is 11.0. The van der Waals surface area contributed by atoms with E-state index in [-0.39, 0.29) is 0 Å². The summed E-state index contributed by atoms with van der Waals surface area (Å²) >= 11 is 1.68. The van der Waals surface area contributed by atoms with E-state index in [1.54, 1.807) is 24.8 Å². The monoisotopic (exact) mass is 347 g/mol. The molecule has 0 bridgehead atoms. The molecule has 2 aromatic carbocycles. The fourth-order valence-corrected chi connectivity index (χ4v) is 3.77. The van der Waals surface area contributed by atoms with Crippen molar-refractivity contribution in [1.82, 2.24) is 9.97 Å². The molecule has 0 saturated carbocycles. The number of fused-ring (bicyclic) bond motifs is 1. The number of ether oxygens (including phenoxy) is 1. The molecule has 4 nitrogen and oxygen atoms in total. The molecule has 0 amide bonds. The van der Waals surface area contributed by atoms with Gasteiger partial charge >= 0.3 is 0 Å². The largest absolute Gasteiger partial charge is 0.496 e. The van der Waals surface area contributed by atoms with Crippen molar-refractivity contribution < 1.29 is 4.74 Å². The van der Waals surface area contributed by atoms with Gasteiger partial charge in [-0.1, -0.05) is 48.5 Å². The van der Waals surface area contributed by atoms with Crippen LogP contribution in [0.1, 0.15) is 5.56 Å². The second kappa shape index (κ2) is 6.91. The van der Waals surface area contributed by atoms with Crippen LogP contribution in [0.25, 0.3) is 20.7 Å². The van der Waals surface area contributed by atoms with Crippen LogP contribution in [0.4, 0.5) is 5.82 Å². The number of methoxy groups -OCH3 is 1. The molecule has 0 aliphatic heterocycles. The maximum absolute atomic E-state index is 5.41. The zero-order valence-electron chi connectivity index (χ0n) is 13.8. The SMILES string of the molecule is COc1ccccc1CNc1ncnc2sc(-c3ccccc3)cc12. The van der Waals surface area contributed by atoms with Crippen LogP contribution in [0.2, 0.25) is 0 Å². The summed E-state index contributed by atoms with van der Waals surface area (Å²) in [7, 11) is 1.69. The molecule has 0 fully saturated rings. The number of hydrogen-bond acceptors (Lipinski definition) is 5. The van der Waals surface area contributed by atoms with E-state index in [0.717, 1.165) is 27.3 Å². The van der Waals surface area contributed by atoms with Gasteiger partial charge in [-0.3, -0.25) is 0 Å². The van der Waals surface area contributed by atoms with Crippen molar-refractivity contribution in [3.63, 3.8) is 0 Å². The minimum absolute atomic E-state index is 0.645. The standard InChI is InChI=1S/C20H17N3OS/c1-24-17-10-6-5-9-15(17)12-21-19-16-11-18(14-7-3-2-4-8-14)25-20(16)23-13-22-19/h2-11,13H,12H2,1H3,(H,21,22,23). The van der Waals surface area contributed by atoms with E-state index >= 15 is 0 Å². The van der Waals surface area contributed by atoms with Crippen molar-refractivity contribution in [2.24, 2.45) is 0 Å².